The number of aromatic nitrogens is 3. The number of Topliss-reactive ketones (excluding diaryl/α,β-unsaturated/α-hetero) is 3. The second kappa shape index (κ2) is 37.1. The van der Waals surface area contributed by atoms with Gasteiger partial charge in [0.05, 0.1) is 109 Å². The van der Waals surface area contributed by atoms with E-state index < -0.39 is 46.6 Å². The lowest BCUT2D eigenvalue weighted by molar-refractivity contribution is -0.130. The van der Waals surface area contributed by atoms with E-state index in [0.29, 0.717) is 142 Å². The van der Waals surface area contributed by atoms with Crippen molar-refractivity contribution in [3.05, 3.63) is 160 Å². The number of ether oxygens (including phenoxy) is 9. The Morgan fingerprint density at radius 2 is 0.715 bits per heavy atom. The van der Waals surface area contributed by atoms with Gasteiger partial charge in [-0.25, -0.2) is 24.5 Å². The first-order valence-corrected chi connectivity index (χ1v) is 44.2. The number of piperidine rings is 3. The van der Waals surface area contributed by atoms with Gasteiger partial charge in [0.15, 0.2) is 17.3 Å². The van der Waals surface area contributed by atoms with E-state index in [9.17, 15) is 38.4 Å². The van der Waals surface area contributed by atoms with Crippen LogP contribution in [0.2, 0.25) is 0 Å². The van der Waals surface area contributed by atoms with Crippen LogP contribution in [0.25, 0.3) is 32.3 Å². The average molecular weight is 1740 g/mol. The van der Waals surface area contributed by atoms with Crippen molar-refractivity contribution in [1.29, 1.82) is 0 Å². The maximum atomic E-state index is 14.6. The lowest BCUT2D eigenvalue weighted by Crippen LogP contribution is -2.59. The lowest BCUT2D eigenvalue weighted by Gasteiger charge is -2.45. The molecule has 34 heteroatoms. The lowest BCUT2D eigenvalue weighted by atomic mass is 9.69. The molecule has 0 unspecified atom stereocenters. The molecule has 6 fully saturated rings. The van der Waals surface area contributed by atoms with Crippen molar-refractivity contribution < 1.29 is 94.2 Å². The molecule has 9 aliphatic heterocycles. The average Bonchev–Trinajstić information content (AvgIpc) is 1.59. The van der Waals surface area contributed by atoms with Crippen LogP contribution in [0.3, 0.4) is 0 Å². The number of nitrogens with one attached hydrogen (secondary N) is 1. The molecule has 3 spiro atoms. The van der Waals surface area contributed by atoms with Gasteiger partial charge >= 0.3 is 12.1 Å². The number of benzene rings is 3. The summed E-state index contributed by atoms with van der Waals surface area (Å²) in [4.78, 5) is 134. The first-order valence-electron chi connectivity index (χ1n) is 41.8. The minimum absolute atomic E-state index is 0.00421. The molecule has 15 heterocycles. The molecule has 5 N–H and O–H groups in total. The zero-order valence-electron chi connectivity index (χ0n) is 69.6. The number of hydrogen-bond donors (Lipinski definition) is 3. The number of carbonyl (C=O) groups excluding carboxylic acids is 8. The fraction of sp³-hybridized carbons (Fsp3) is 0.472. The Kier molecular flexibility index (Phi) is 25.9. The van der Waals surface area contributed by atoms with Gasteiger partial charge in [0.25, 0.3) is 0 Å². The number of primary amides is 2. The van der Waals surface area contributed by atoms with Gasteiger partial charge in [0.2, 0.25) is 35.4 Å². The van der Waals surface area contributed by atoms with E-state index in [1.807, 2.05) is 93.6 Å². The molecule has 0 radical (unpaired) electrons. The molecule has 3 aromatic carbocycles. The summed E-state index contributed by atoms with van der Waals surface area (Å²) in [6, 6.07) is 21.9. The Morgan fingerprint density at radius 1 is 0.439 bits per heavy atom. The van der Waals surface area contributed by atoms with Crippen LogP contribution in [0.15, 0.2) is 123 Å². The summed E-state index contributed by atoms with van der Waals surface area (Å²) in [6.45, 7) is 12.1. The van der Waals surface area contributed by atoms with Crippen LogP contribution in [-0.2, 0) is 42.8 Å². The van der Waals surface area contributed by atoms with Crippen molar-refractivity contribution in [2.45, 2.75) is 134 Å². The Bertz CT molecular complexity index is 5090. The van der Waals surface area contributed by atoms with Crippen molar-refractivity contribution in [3.63, 3.8) is 0 Å². The number of thiophene rings is 3. The van der Waals surface area contributed by atoms with E-state index in [1.165, 1.54) is 62.6 Å². The van der Waals surface area contributed by atoms with Gasteiger partial charge in [-0.05, 0) is 146 Å². The van der Waals surface area contributed by atoms with Crippen molar-refractivity contribution in [2.24, 2.45) is 27.7 Å². The Hall–Kier alpha value is -10.5. The number of para-hydroxylation sites is 3. The topological polar surface area (TPSA) is 378 Å². The molecular weight excluding hydrogens is 1640 g/mol. The van der Waals surface area contributed by atoms with Crippen LogP contribution < -0.4 is 45.7 Å². The van der Waals surface area contributed by atoms with Crippen LogP contribution in [0, 0.1) is 37.0 Å². The van der Waals surface area contributed by atoms with Gasteiger partial charge in [0.1, 0.15) is 85.6 Å². The number of hydrogen-bond acceptors (Lipinski definition) is 27. The highest BCUT2D eigenvalue weighted by atomic mass is 32.1. The molecule has 0 saturated carbocycles. The molecule has 3 atom stereocenters. The van der Waals surface area contributed by atoms with E-state index in [1.54, 1.807) is 54.6 Å². The molecular formula is C89H101N11O20S3. The zero-order chi connectivity index (χ0) is 85.8. The highest BCUT2D eigenvalue weighted by Crippen LogP contribution is 2.56. The van der Waals surface area contributed by atoms with E-state index in [2.05, 4.69) is 20.3 Å². The molecule has 31 nitrogen and oxygen atoms in total. The maximum absolute atomic E-state index is 14.6. The molecule has 6 saturated heterocycles. The normalized spacial score (nSPS) is 19.9. The van der Waals surface area contributed by atoms with Gasteiger partial charge in [0, 0.05) is 82.5 Å². The molecule has 0 bridgehead atoms. The molecule has 7 amide bonds. The Morgan fingerprint density at radius 3 is 0.976 bits per heavy atom. The quantitative estimate of drug-likeness (QED) is 0.0562. The van der Waals surface area contributed by atoms with Gasteiger partial charge < -0.3 is 82.5 Å². The van der Waals surface area contributed by atoms with Gasteiger partial charge in [-0.2, -0.15) is 0 Å². The van der Waals surface area contributed by atoms with Crippen LogP contribution in [-0.4, -0.2) is 210 Å². The molecule has 9 aromatic rings. The number of urea groups is 2. The van der Waals surface area contributed by atoms with E-state index in [-0.39, 0.29) is 125 Å². The number of nitrogens with zero attached hydrogens (tertiary/aromatic N) is 8. The number of ketones is 3. The number of carbonyl (C=O) groups is 8. The summed E-state index contributed by atoms with van der Waals surface area (Å²) in [5, 5.41) is 5.05. The van der Waals surface area contributed by atoms with Crippen LogP contribution in [0.1, 0.15) is 160 Å². The second-order valence-electron chi connectivity index (χ2n) is 32.1. The van der Waals surface area contributed by atoms with E-state index in [0.717, 1.165) is 76.8 Å². The summed E-state index contributed by atoms with van der Waals surface area (Å²) in [5.74, 6) is 1.96. The molecule has 123 heavy (non-hydrogen) atoms. The summed E-state index contributed by atoms with van der Waals surface area (Å²) in [7, 11) is 4.86. The van der Waals surface area contributed by atoms with Crippen molar-refractivity contribution in [2.75, 3.05) is 135 Å². The minimum Gasteiger partial charge on any atom is -0.496 e. The number of anilines is 3. The third kappa shape index (κ3) is 16.6. The Labute approximate surface area is 722 Å². The number of oxazole rings is 3. The van der Waals surface area contributed by atoms with Crippen LogP contribution in [0.4, 0.5) is 24.6 Å². The van der Waals surface area contributed by atoms with Crippen molar-refractivity contribution >= 4 is 96.1 Å². The Balaban J connectivity index is 0.000000137. The second-order valence-corrected chi connectivity index (χ2v) is 35.1. The fourth-order valence-corrected chi connectivity index (χ4v) is 22.3. The largest absolute Gasteiger partial charge is 0.496 e. The predicted molar refractivity (Wildman–Crippen MR) is 456 cm³/mol. The van der Waals surface area contributed by atoms with Crippen LogP contribution in [0.5, 0.6) is 17.2 Å². The van der Waals surface area contributed by atoms with Gasteiger partial charge in [-0.15, -0.1) is 34.0 Å². The summed E-state index contributed by atoms with van der Waals surface area (Å²) in [5.41, 5.74) is 13.7. The summed E-state index contributed by atoms with van der Waals surface area (Å²) >= 11 is 4.02. The third-order valence-electron chi connectivity index (χ3n) is 25.3. The number of rotatable bonds is 21. The number of methoxy groups -OCH3 is 3. The zero-order valence-corrected chi connectivity index (χ0v) is 72.0. The number of likely N-dealkylation sites (tertiary alicyclic amines) is 2. The highest BCUT2D eigenvalue weighted by molar-refractivity contribution is 7.21. The molecule has 650 valence electrons. The van der Waals surface area contributed by atoms with Crippen LogP contribution >= 0.6 is 34.0 Å². The fourth-order valence-electron chi connectivity index (χ4n) is 18.5. The van der Waals surface area contributed by atoms with Crippen molar-refractivity contribution in [1.82, 2.24) is 30.1 Å². The van der Waals surface area contributed by atoms with Crippen molar-refractivity contribution in [3.8, 4) is 49.6 Å². The van der Waals surface area contributed by atoms with E-state index in [4.69, 9.17) is 67.4 Å². The summed E-state index contributed by atoms with van der Waals surface area (Å²) in [6.07, 6.45) is 13.7. The number of amides is 7. The summed E-state index contributed by atoms with van der Waals surface area (Å²) < 4.78 is 70.8. The molecule has 9 aliphatic rings. The molecule has 0 aliphatic carbocycles. The smallest absolute Gasteiger partial charge is 0.314 e. The standard InChI is InChI=1S/2C30H34N4O7S.C29H33N3O6S/c2*1-18-23-25(35)30(9-12-33(13-10-30)29(31)37)28(36)34(27(23)42-24(18)26-32-11-16-40-26)17-22(41-19-7-14-39-15-8-19)20-5-3-4-6-21(20)38-2;1-18-23-25(33)29(9-11-30-12-10-29)28(34)32(27(23)39-24(18)26-31-13-16-37-26)17-22(38-19-7-14-36-15-8-19)20-5-3-4-6-21(20)35-2/h2*3-6,11,16,19,22H,7-10,12-15,17H2,1-2H3,(H2,31,37);3-6,13,16,19,22,30H,7-12,14-15,17H2,1-2H3/t3*22-/m000/s1. The third-order valence-corrected chi connectivity index (χ3v) is 29.2. The molecule has 6 aromatic heterocycles. The van der Waals surface area contributed by atoms with E-state index >= 15 is 0 Å². The predicted octanol–water partition coefficient (Wildman–Crippen LogP) is 13.3. The first-order chi connectivity index (χ1) is 59.7. The first kappa shape index (κ1) is 86.0. The number of fused-ring (bicyclic) bond motifs is 3. The number of nitrogens with two attached hydrogens (primary N) is 2. The molecule has 18 rings (SSSR count). The monoisotopic (exact) mass is 1740 g/mol. The van der Waals surface area contributed by atoms with Gasteiger partial charge in [-0.3, -0.25) is 43.5 Å². The minimum atomic E-state index is -1.32. The van der Waals surface area contributed by atoms with Gasteiger partial charge in [-0.1, -0.05) is 54.6 Å². The highest BCUT2D eigenvalue weighted by Gasteiger charge is 2.60. The maximum Gasteiger partial charge on any atom is 0.314 e. The SMILES string of the molecule is COc1ccccc1[C@H](CN1C(=O)C2(CCN(C(N)=O)CC2)C(=O)c2c1sc(-c1ncco1)c2C)OC1CCOCC1.COc1ccccc1[C@H](CN1C(=O)C2(CCN(C(N)=O)CC2)C(=O)c2c1sc(-c1ncco1)c2C)OC1CCOCC1.COc1ccccc1[C@H](CN1C(=O)C2(CCNCC2)C(=O)c2c1sc(-c1ncco1)c2C)OC1CCOCC1.